The first-order valence-electron chi connectivity index (χ1n) is 25.1. The summed E-state index contributed by atoms with van der Waals surface area (Å²) in [4.78, 5) is 0. The first kappa shape index (κ1) is 56.1. The lowest BCUT2D eigenvalue weighted by Crippen LogP contribution is -2.15. The van der Waals surface area contributed by atoms with Crippen LogP contribution < -0.4 is 14.2 Å². The molecule has 3 saturated heterocycles. The minimum absolute atomic E-state index is 0. The zero-order valence-corrected chi connectivity index (χ0v) is 39.7. The number of epoxide rings is 3. The van der Waals surface area contributed by atoms with Crippen LogP contribution in [-0.2, 0) is 14.2 Å². The second kappa shape index (κ2) is 32.6. The maximum Gasteiger partial charge on any atom is 0.119 e. The van der Waals surface area contributed by atoms with Crippen molar-refractivity contribution in [2.24, 2.45) is 47.3 Å². The Morgan fingerprint density at radius 1 is 0.365 bits per heavy atom. The van der Waals surface area contributed by atoms with E-state index in [1.54, 1.807) is 77.0 Å². The van der Waals surface area contributed by atoms with Crippen molar-refractivity contribution in [1.82, 2.24) is 0 Å². The monoisotopic (exact) mass is 875 g/mol. The Hall–Kier alpha value is -3.06. The number of hydrogen-bond acceptors (Lipinski definition) is 6. The Morgan fingerprint density at radius 3 is 0.794 bits per heavy atom. The van der Waals surface area contributed by atoms with Gasteiger partial charge in [0.05, 0.1) is 19.8 Å². The smallest absolute Gasteiger partial charge is 0.119 e. The average molecular weight is 875 g/mol. The van der Waals surface area contributed by atoms with Crippen LogP contribution in [0.15, 0.2) is 91.0 Å². The van der Waals surface area contributed by atoms with Crippen LogP contribution in [-0.4, -0.2) is 58.0 Å². The van der Waals surface area contributed by atoms with Gasteiger partial charge in [0, 0.05) is 0 Å². The van der Waals surface area contributed by atoms with Crippen LogP contribution in [0.2, 0.25) is 0 Å². The van der Waals surface area contributed by atoms with Crippen molar-refractivity contribution in [3.63, 3.8) is 0 Å². The van der Waals surface area contributed by atoms with E-state index < -0.39 is 0 Å². The normalized spacial score (nSPS) is 29.8. The minimum Gasteiger partial charge on any atom is -0.491 e. The minimum atomic E-state index is 0. The SMILES string of the molecule is C.C.C1CC2C3CCC(C3)C2C1.C1CC2C3CCC(C3)C2C1.CC.CC.CC.CC.c1ccc(OCC2CO2)cc1.c1ccc(OCC2CO2)cc1.c1ccc(OCC2CO2)cc1. The molecule has 358 valence electrons. The summed E-state index contributed by atoms with van der Waals surface area (Å²) in [7, 11) is 0. The van der Waals surface area contributed by atoms with E-state index in [9.17, 15) is 0 Å². The van der Waals surface area contributed by atoms with Gasteiger partial charge in [-0.1, -0.05) is 138 Å². The van der Waals surface area contributed by atoms with Gasteiger partial charge in [0.15, 0.2) is 0 Å². The van der Waals surface area contributed by atoms with Crippen molar-refractivity contribution in [2.45, 2.75) is 166 Å². The second-order valence-corrected chi connectivity index (χ2v) is 16.9. The summed E-state index contributed by atoms with van der Waals surface area (Å²) in [5, 5.41) is 0. The zero-order chi connectivity index (χ0) is 43.7. The average Bonchev–Trinajstić information content (AvgIpc) is 4.25. The summed E-state index contributed by atoms with van der Waals surface area (Å²) in [6, 6.07) is 29.4. The van der Waals surface area contributed by atoms with E-state index in [0.717, 1.165) is 37.1 Å². The highest BCUT2D eigenvalue weighted by molar-refractivity contribution is 5.22. The number of para-hydroxylation sites is 3. The fraction of sp³-hybridized carbons (Fsp3) is 0.684. The van der Waals surface area contributed by atoms with Crippen LogP contribution in [0.3, 0.4) is 0 Å². The standard InChI is InChI=1S/2C10H16.3C9H10O2.4C2H6.2CH4/c2*1-2-9-7-4-5-8(6-7)10(9)3-1;3*1-2-4-8(5-3-1)10-6-9-7-11-9;4*1-2;;/h2*7-10H,1-6H2;3*1-5,9H,6-7H2;4*1-2H3;2*1H4. The largest absolute Gasteiger partial charge is 0.491 e. The first-order chi connectivity index (χ1) is 30.2. The lowest BCUT2D eigenvalue weighted by atomic mass is 9.82. The van der Waals surface area contributed by atoms with E-state index in [4.69, 9.17) is 28.4 Å². The molecule has 0 aromatic heterocycles. The van der Waals surface area contributed by atoms with Gasteiger partial charge in [-0.25, -0.2) is 0 Å². The molecule has 0 radical (unpaired) electrons. The van der Waals surface area contributed by atoms with E-state index in [-0.39, 0.29) is 14.9 Å². The Labute approximate surface area is 387 Å². The molecule has 4 bridgehead atoms. The molecule has 63 heavy (non-hydrogen) atoms. The fourth-order valence-corrected chi connectivity index (χ4v) is 10.6. The van der Waals surface area contributed by atoms with Crippen molar-refractivity contribution >= 4 is 0 Å². The van der Waals surface area contributed by atoms with E-state index in [1.807, 2.05) is 146 Å². The molecule has 6 aliphatic carbocycles. The topological polar surface area (TPSA) is 65.3 Å². The second-order valence-electron chi connectivity index (χ2n) is 16.9. The Balaban J connectivity index is 0.000000258. The molecule has 0 N–H and O–H groups in total. The molecule has 9 aliphatic rings. The van der Waals surface area contributed by atoms with E-state index in [1.165, 1.54) is 47.3 Å². The maximum atomic E-state index is 5.40. The van der Waals surface area contributed by atoms with Crippen molar-refractivity contribution in [3.05, 3.63) is 91.0 Å². The van der Waals surface area contributed by atoms with Gasteiger partial charge >= 0.3 is 0 Å². The number of rotatable bonds is 9. The first-order valence-corrected chi connectivity index (χ1v) is 25.1. The molecule has 3 aliphatic heterocycles. The summed E-state index contributed by atoms with van der Waals surface area (Å²) < 4.78 is 31.2. The number of fused-ring (bicyclic) bond motifs is 10. The maximum absolute atomic E-state index is 5.40. The van der Waals surface area contributed by atoms with Crippen LogP contribution in [0.1, 0.15) is 147 Å². The molecule has 3 heterocycles. The van der Waals surface area contributed by atoms with Gasteiger partial charge in [-0.2, -0.15) is 0 Å². The summed E-state index contributed by atoms with van der Waals surface area (Å²) in [5.74, 6) is 12.4. The van der Waals surface area contributed by atoms with Gasteiger partial charge in [-0.15, -0.1) is 0 Å². The molecule has 11 unspecified atom stereocenters. The molecule has 9 fully saturated rings. The Bertz CT molecular complexity index is 1290. The van der Waals surface area contributed by atoms with E-state index in [0.29, 0.717) is 38.1 Å². The number of hydrogen-bond donors (Lipinski definition) is 0. The van der Waals surface area contributed by atoms with Crippen LogP contribution in [0.5, 0.6) is 17.2 Å². The summed E-state index contributed by atoms with van der Waals surface area (Å²) >= 11 is 0. The van der Waals surface area contributed by atoms with Gasteiger partial charge in [0.2, 0.25) is 0 Å². The summed E-state index contributed by atoms with van der Waals surface area (Å²) in [6.45, 7) is 20.6. The third-order valence-electron chi connectivity index (χ3n) is 13.4. The Morgan fingerprint density at radius 2 is 0.587 bits per heavy atom. The lowest BCUT2D eigenvalue weighted by molar-refractivity contribution is 0.259. The zero-order valence-electron chi connectivity index (χ0n) is 39.7. The highest BCUT2D eigenvalue weighted by atomic mass is 16.6. The highest BCUT2D eigenvalue weighted by Crippen LogP contribution is 2.59. The predicted molar refractivity (Wildman–Crippen MR) is 267 cm³/mol. The summed E-state index contributed by atoms with van der Waals surface area (Å²) in [6.07, 6.45) is 20.1. The van der Waals surface area contributed by atoms with Crippen LogP contribution in [0, 0.1) is 47.3 Å². The van der Waals surface area contributed by atoms with E-state index >= 15 is 0 Å². The van der Waals surface area contributed by atoms with Crippen molar-refractivity contribution in [3.8, 4) is 17.2 Å². The molecule has 3 aromatic carbocycles. The fourth-order valence-electron chi connectivity index (χ4n) is 10.6. The van der Waals surface area contributed by atoms with Gasteiger partial charge in [0.25, 0.3) is 0 Å². The third kappa shape index (κ3) is 19.5. The summed E-state index contributed by atoms with van der Waals surface area (Å²) in [5.41, 5.74) is 0. The molecule has 12 rings (SSSR count). The highest BCUT2D eigenvalue weighted by Gasteiger charge is 2.49. The van der Waals surface area contributed by atoms with Crippen LogP contribution in [0.25, 0.3) is 0 Å². The van der Waals surface area contributed by atoms with Gasteiger partial charge in [-0.05, 0) is 148 Å². The molecular formula is C57H94O6. The molecule has 3 aromatic rings. The van der Waals surface area contributed by atoms with Crippen molar-refractivity contribution in [2.75, 3.05) is 39.6 Å². The van der Waals surface area contributed by atoms with Gasteiger partial charge in [0.1, 0.15) is 55.4 Å². The quantitative estimate of drug-likeness (QED) is 0.200. The lowest BCUT2D eigenvalue weighted by Gasteiger charge is -2.23. The van der Waals surface area contributed by atoms with Crippen molar-refractivity contribution in [1.29, 1.82) is 0 Å². The van der Waals surface area contributed by atoms with Gasteiger partial charge in [-0.3, -0.25) is 0 Å². The van der Waals surface area contributed by atoms with Crippen LogP contribution >= 0.6 is 0 Å². The molecular weight excluding hydrogens is 781 g/mol. The Kier molecular flexibility index (Phi) is 29.0. The molecule has 6 saturated carbocycles. The molecule has 6 nitrogen and oxygen atoms in total. The molecule has 11 atom stereocenters. The number of ether oxygens (including phenoxy) is 6. The van der Waals surface area contributed by atoms with Gasteiger partial charge < -0.3 is 28.4 Å². The predicted octanol–water partition coefficient (Wildman–Crippen LogP) is 15.4. The molecule has 0 spiro atoms. The number of benzene rings is 3. The van der Waals surface area contributed by atoms with Crippen molar-refractivity contribution < 1.29 is 28.4 Å². The van der Waals surface area contributed by atoms with Crippen LogP contribution in [0.4, 0.5) is 0 Å². The third-order valence-corrected chi connectivity index (χ3v) is 13.4. The molecule has 6 heteroatoms. The molecule has 0 amide bonds. The van der Waals surface area contributed by atoms with E-state index in [2.05, 4.69) is 0 Å².